The summed E-state index contributed by atoms with van der Waals surface area (Å²) in [7, 11) is 0. The molecule has 0 aliphatic rings. The van der Waals surface area contributed by atoms with Crippen LogP contribution < -0.4 is 0 Å². The first kappa shape index (κ1) is 38.0. The van der Waals surface area contributed by atoms with Crippen LogP contribution in [0.25, 0.3) is 126 Å². The maximum Gasteiger partial charge on any atom is 0.164 e. The molecule has 0 aliphatic carbocycles. The van der Waals surface area contributed by atoms with Crippen molar-refractivity contribution in [1.29, 1.82) is 0 Å². The average molecular weight is 859 g/mol. The Kier molecular flexibility index (Phi) is 9.00. The first-order valence-electron chi connectivity index (χ1n) is 22.3. The van der Waals surface area contributed by atoms with E-state index in [2.05, 4.69) is 235 Å². The molecule has 13 aromatic rings. The molecule has 13 rings (SSSR count). The SMILES string of the molecule is c1ccc(-c2ccc(-c3nc(-c4cccc(-c5cccc6ccccc56)c4)nc(-c4cccc(-c5cccc6c5sc5ccccc56)c4)n3)cc2-n2c3ccccc3c3ccccc32)cc1. The molecule has 308 valence electrons. The van der Waals surface area contributed by atoms with Crippen LogP contribution in [0, 0.1) is 0 Å². The molecule has 0 saturated heterocycles. The molecule has 0 aliphatic heterocycles. The summed E-state index contributed by atoms with van der Waals surface area (Å²) in [6.07, 6.45) is 0. The molecule has 4 nitrogen and oxygen atoms in total. The van der Waals surface area contributed by atoms with E-state index in [-0.39, 0.29) is 0 Å². The molecule has 0 fully saturated rings. The number of benzene rings is 10. The van der Waals surface area contributed by atoms with Gasteiger partial charge in [-0.15, -0.1) is 11.3 Å². The van der Waals surface area contributed by atoms with Crippen molar-refractivity contribution in [2.75, 3.05) is 0 Å². The number of hydrogen-bond donors (Lipinski definition) is 0. The van der Waals surface area contributed by atoms with Crippen molar-refractivity contribution >= 4 is 64.1 Å². The minimum atomic E-state index is 0.601. The highest BCUT2D eigenvalue weighted by molar-refractivity contribution is 7.26. The highest BCUT2D eigenvalue weighted by atomic mass is 32.1. The third-order valence-corrected chi connectivity index (χ3v) is 14.1. The monoisotopic (exact) mass is 858 g/mol. The van der Waals surface area contributed by atoms with Crippen LogP contribution in [0.3, 0.4) is 0 Å². The second kappa shape index (κ2) is 15.6. The van der Waals surface area contributed by atoms with Gasteiger partial charge in [-0.25, -0.2) is 15.0 Å². The minimum Gasteiger partial charge on any atom is -0.309 e. The Hall–Kier alpha value is -8.51. The number of nitrogens with zero attached hydrogens (tertiary/aromatic N) is 4. The van der Waals surface area contributed by atoms with Crippen LogP contribution in [-0.4, -0.2) is 19.5 Å². The lowest BCUT2D eigenvalue weighted by atomic mass is 9.97. The zero-order chi connectivity index (χ0) is 43.6. The van der Waals surface area contributed by atoms with Crippen molar-refractivity contribution in [2.24, 2.45) is 0 Å². The average Bonchev–Trinajstić information content (AvgIpc) is 3.95. The van der Waals surface area contributed by atoms with Crippen LogP contribution in [0.1, 0.15) is 0 Å². The number of rotatable bonds is 7. The first-order chi connectivity index (χ1) is 32.7. The fourth-order valence-corrected chi connectivity index (χ4v) is 11.0. The zero-order valence-corrected chi connectivity index (χ0v) is 36.5. The molecule has 10 aromatic carbocycles. The van der Waals surface area contributed by atoms with E-state index in [0.29, 0.717) is 17.5 Å². The smallest absolute Gasteiger partial charge is 0.164 e. The van der Waals surface area contributed by atoms with E-state index in [1.807, 2.05) is 11.3 Å². The van der Waals surface area contributed by atoms with Gasteiger partial charge in [0.2, 0.25) is 0 Å². The van der Waals surface area contributed by atoms with Crippen molar-refractivity contribution in [1.82, 2.24) is 19.5 Å². The van der Waals surface area contributed by atoms with Crippen molar-refractivity contribution in [2.45, 2.75) is 0 Å². The van der Waals surface area contributed by atoms with E-state index < -0.39 is 0 Å². The fraction of sp³-hybridized carbons (Fsp3) is 0. The van der Waals surface area contributed by atoms with E-state index in [1.165, 1.54) is 52.8 Å². The predicted molar refractivity (Wildman–Crippen MR) is 277 cm³/mol. The van der Waals surface area contributed by atoms with Crippen LogP contribution in [-0.2, 0) is 0 Å². The molecule has 0 amide bonds. The maximum absolute atomic E-state index is 5.37. The zero-order valence-electron chi connectivity index (χ0n) is 35.6. The van der Waals surface area contributed by atoms with Gasteiger partial charge in [0.1, 0.15) is 0 Å². The number of thiophene rings is 1. The van der Waals surface area contributed by atoms with Gasteiger partial charge in [-0.2, -0.15) is 0 Å². The predicted octanol–water partition coefficient (Wildman–Crippen LogP) is 16.5. The van der Waals surface area contributed by atoms with Gasteiger partial charge in [-0.1, -0.05) is 194 Å². The molecule has 5 heteroatoms. The van der Waals surface area contributed by atoms with Crippen LogP contribution in [0.15, 0.2) is 231 Å². The minimum absolute atomic E-state index is 0.601. The Balaban J connectivity index is 1.03. The van der Waals surface area contributed by atoms with E-state index in [0.717, 1.165) is 55.7 Å². The van der Waals surface area contributed by atoms with E-state index in [1.54, 1.807) is 0 Å². The standard InChI is InChI=1S/C61H38N4S/c1-2-16-40(17-3-1)48-35-34-45(38-56(48)65-54-31-9-6-25-50(54)51-26-7-10-32-55(51)65)61-63-59(43-22-12-20-41(36-43)47-28-14-19-39-18-4-5-24-46(39)47)62-60(64-61)44-23-13-21-42(37-44)49-29-15-30-53-52-27-8-11-33-57(52)66-58(49)53/h1-38H. The first-order valence-corrected chi connectivity index (χ1v) is 23.1. The summed E-state index contributed by atoms with van der Waals surface area (Å²) in [5.41, 5.74) is 12.9. The summed E-state index contributed by atoms with van der Waals surface area (Å²) in [5, 5.41) is 7.38. The summed E-state index contributed by atoms with van der Waals surface area (Å²) < 4.78 is 4.95. The number of aromatic nitrogens is 4. The van der Waals surface area contributed by atoms with Crippen molar-refractivity contribution in [3.8, 4) is 73.2 Å². The Morgan fingerprint density at radius 2 is 0.788 bits per heavy atom. The second-order valence-electron chi connectivity index (χ2n) is 16.7. The van der Waals surface area contributed by atoms with Crippen molar-refractivity contribution in [3.05, 3.63) is 231 Å². The topological polar surface area (TPSA) is 43.6 Å². The summed E-state index contributed by atoms with van der Waals surface area (Å²) >= 11 is 1.84. The van der Waals surface area contributed by atoms with Gasteiger partial charge in [-0.3, -0.25) is 0 Å². The molecule has 3 heterocycles. The van der Waals surface area contributed by atoms with Crippen LogP contribution in [0.5, 0.6) is 0 Å². The third-order valence-electron chi connectivity index (χ3n) is 12.9. The molecule has 66 heavy (non-hydrogen) atoms. The molecule has 0 saturated carbocycles. The summed E-state index contributed by atoms with van der Waals surface area (Å²) in [6.45, 7) is 0. The molecule has 3 aromatic heterocycles. The van der Waals surface area contributed by atoms with Gasteiger partial charge in [0.05, 0.1) is 16.7 Å². The lowest BCUT2D eigenvalue weighted by Gasteiger charge is -2.16. The van der Waals surface area contributed by atoms with Crippen LogP contribution >= 0.6 is 11.3 Å². The molecule has 0 spiro atoms. The number of para-hydroxylation sites is 2. The molecule has 0 radical (unpaired) electrons. The summed E-state index contributed by atoms with van der Waals surface area (Å²) in [4.78, 5) is 16.1. The normalized spacial score (nSPS) is 11.6. The van der Waals surface area contributed by atoms with Crippen LogP contribution in [0.2, 0.25) is 0 Å². The van der Waals surface area contributed by atoms with Gasteiger partial charge >= 0.3 is 0 Å². The van der Waals surface area contributed by atoms with Crippen LogP contribution in [0.4, 0.5) is 0 Å². The largest absolute Gasteiger partial charge is 0.309 e. The number of fused-ring (bicyclic) bond motifs is 7. The molecule has 0 N–H and O–H groups in total. The lowest BCUT2D eigenvalue weighted by molar-refractivity contribution is 1.07. The van der Waals surface area contributed by atoms with Gasteiger partial charge in [0.15, 0.2) is 17.5 Å². The fourth-order valence-electron chi connectivity index (χ4n) is 9.77. The van der Waals surface area contributed by atoms with Gasteiger partial charge < -0.3 is 4.57 Å². The molecule has 0 atom stereocenters. The van der Waals surface area contributed by atoms with Gasteiger partial charge in [0, 0.05) is 53.2 Å². The Morgan fingerprint density at radius 1 is 0.303 bits per heavy atom. The maximum atomic E-state index is 5.37. The Labute approximate surface area is 385 Å². The van der Waals surface area contributed by atoms with Gasteiger partial charge in [-0.05, 0) is 75.0 Å². The van der Waals surface area contributed by atoms with E-state index in [4.69, 9.17) is 15.0 Å². The van der Waals surface area contributed by atoms with Crippen molar-refractivity contribution < 1.29 is 0 Å². The van der Waals surface area contributed by atoms with E-state index >= 15 is 0 Å². The summed E-state index contributed by atoms with van der Waals surface area (Å²) in [6, 6.07) is 82.2. The lowest BCUT2D eigenvalue weighted by Crippen LogP contribution is -2.02. The Bertz CT molecular complexity index is 3960. The quantitative estimate of drug-likeness (QED) is 0.160. The molecular weight excluding hydrogens is 821 g/mol. The summed E-state index contributed by atoms with van der Waals surface area (Å²) in [5.74, 6) is 1.82. The molecule has 0 bridgehead atoms. The third kappa shape index (κ3) is 6.40. The van der Waals surface area contributed by atoms with Crippen molar-refractivity contribution in [3.63, 3.8) is 0 Å². The second-order valence-corrected chi connectivity index (χ2v) is 17.8. The highest BCUT2D eigenvalue weighted by Gasteiger charge is 2.20. The highest BCUT2D eigenvalue weighted by Crippen LogP contribution is 2.42. The Morgan fingerprint density at radius 3 is 1.50 bits per heavy atom. The molecular formula is C61H38N4S. The molecule has 0 unspecified atom stereocenters. The van der Waals surface area contributed by atoms with E-state index in [9.17, 15) is 0 Å². The van der Waals surface area contributed by atoms with Gasteiger partial charge in [0.25, 0.3) is 0 Å². The number of hydrogen-bond acceptors (Lipinski definition) is 4.